The number of carboxylic acids is 1. The zero-order valence-electron chi connectivity index (χ0n) is 12.1. The maximum Gasteiger partial charge on any atom is 0.324 e. The van der Waals surface area contributed by atoms with E-state index in [1.807, 2.05) is 6.92 Å². The van der Waals surface area contributed by atoms with Crippen molar-refractivity contribution in [3.63, 3.8) is 0 Å². The predicted octanol–water partition coefficient (Wildman–Crippen LogP) is 1.13. The van der Waals surface area contributed by atoms with Gasteiger partial charge >= 0.3 is 5.97 Å². The van der Waals surface area contributed by atoms with Crippen molar-refractivity contribution < 1.29 is 14.7 Å². The molecule has 1 atom stereocenters. The van der Waals surface area contributed by atoms with Crippen molar-refractivity contribution in [2.75, 3.05) is 18.4 Å². The molecule has 1 aromatic heterocycles. The first kappa shape index (κ1) is 15.4. The van der Waals surface area contributed by atoms with E-state index in [0.29, 0.717) is 19.4 Å². The number of anilines is 1. The van der Waals surface area contributed by atoms with Crippen LogP contribution in [0.25, 0.3) is 0 Å². The van der Waals surface area contributed by atoms with Gasteiger partial charge in [-0.3, -0.25) is 19.8 Å². The zero-order valence-corrected chi connectivity index (χ0v) is 12.1. The van der Waals surface area contributed by atoms with Crippen LogP contribution in [0, 0.1) is 0 Å². The van der Waals surface area contributed by atoms with Gasteiger partial charge in [0.1, 0.15) is 5.54 Å². The molecule has 0 saturated carbocycles. The minimum atomic E-state index is -0.913. The number of aliphatic carboxylic acids is 1. The molecule has 1 aliphatic heterocycles. The van der Waals surface area contributed by atoms with Crippen LogP contribution in [0.5, 0.6) is 0 Å². The fraction of sp³-hybridized carbons (Fsp3) is 0.571. The lowest BCUT2D eigenvalue weighted by Crippen LogP contribution is -2.52. The number of hydrogen-bond acceptors (Lipinski definition) is 5. The maximum absolute atomic E-state index is 12.1. The summed E-state index contributed by atoms with van der Waals surface area (Å²) in [6, 6.07) is 1.66. The smallest absolute Gasteiger partial charge is 0.324 e. The Bertz CT molecular complexity index is 508. The minimum absolute atomic E-state index is 0.0462. The van der Waals surface area contributed by atoms with E-state index >= 15 is 0 Å². The lowest BCUT2D eigenvalue weighted by atomic mass is 9.90. The molecule has 1 aromatic rings. The summed E-state index contributed by atoms with van der Waals surface area (Å²) in [7, 11) is 0. The summed E-state index contributed by atoms with van der Waals surface area (Å²) in [4.78, 5) is 33.3. The van der Waals surface area contributed by atoms with Crippen molar-refractivity contribution in [3.05, 3.63) is 18.5 Å². The zero-order chi connectivity index (χ0) is 15.3. The number of aromatic nitrogens is 2. The van der Waals surface area contributed by atoms with Gasteiger partial charge in [-0.15, -0.1) is 0 Å². The van der Waals surface area contributed by atoms with Crippen LogP contribution in [0.15, 0.2) is 18.5 Å². The Hall–Kier alpha value is -2.02. The minimum Gasteiger partial charge on any atom is -0.480 e. The second-order valence-electron chi connectivity index (χ2n) is 5.23. The average molecular weight is 292 g/mol. The van der Waals surface area contributed by atoms with E-state index in [0.717, 1.165) is 12.8 Å². The van der Waals surface area contributed by atoms with Gasteiger partial charge < -0.3 is 5.11 Å². The highest BCUT2D eigenvalue weighted by molar-refractivity contribution is 5.91. The molecule has 1 unspecified atom stereocenters. The summed E-state index contributed by atoms with van der Waals surface area (Å²) in [5.74, 6) is -0.895. The number of likely N-dealkylation sites (tertiary alicyclic amines) is 1. The molecule has 0 bridgehead atoms. The summed E-state index contributed by atoms with van der Waals surface area (Å²) in [6.07, 6.45) is 5.78. The molecule has 2 N–H and O–H groups in total. The van der Waals surface area contributed by atoms with Gasteiger partial charge in [0.15, 0.2) is 0 Å². The second kappa shape index (κ2) is 6.62. The van der Waals surface area contributed by atoms with Gasteiger partial charge in [-0.25, -0.2) is 9.97 Å². The predicted molar refractivity (Wildman–Crippen MR) is 76.7 cm³/mol. The topological polar surface area (TPSA) is 95.4 Å². The highest BCUT2D eigenvalue weighted by atomic mass is 16.4. The molecule has 2 heterocycles. The third-order valence-electron chi connectivity index (χ3n) is 3.84. The standard InChI is InChI=1S/C14H20N4O3/c1-2-5-14(12(20)21)6-3-9-18(14)10-11(19)17-13-15-7-4-8-16-13/h4,7-8H,2-3,5-6,9-10H2,1H3,(H,20,21)(H,15,16,17,19). The van der Waals surface area contributed by atoms with Gasteiger partial charge in [0.05, 0.1) is 6.54 Å². The van der Waals surface area contributed by atoms with Crippen LogP contribution < -0.4 is 5.32 Å². The number of carbonyl (C=O) groups is 2. The van der Waals surface area contributed by atoms with Gasteiger partial charge in [0, 0.05) is 12.4 Å². The van der Waals surface area contributed by atoms with E-state index in [1.54, 1.807) is 11.0 Å². The third-order valence-corrected chi connectivity index (χ3v) is 3.84. The van der Waals surface area contributed by atoms with Crippen LogP contribution in [0.4, 0.5) is 5.95 Å². The Balaban J connectivity index is 2.03. The molecule has 114 valence electrons. The summed E-state index contributed by atoms with van der Waals surface area (Å²) >= 11 is 0. The Kier molecular flexibility index (Phi) is 4.85. The molecule has 1 aliphatic rings. The summed E-state index contributed by atoms with van der Waals surface area (Å²) in [5.41, 5.74) is -0.913. The molecular formula is C14H20N4O3. The van der Waals surface area contributed by atoms with Crippen LogP contribution in [0.3, 0.4) is 0 Å². The molecule has 0 spiro atoms. The van der Waals surface area contributed by atoms with Gasteiger partial charge in [0.25, 0.3) is 0 Å². The second-order valence-corrected chi connectivity index (χ2v) is 5.23. The highest BCUT2D eigenvalue weighted by Crippen LogP contribution is 2.33. The van der Waals surface area contributed by atoms with E-state index in [4.69, 9.17) is 0 Å². The highest BCUT2D eigenvalue weighted by Gasteiger charge is 2.47. The van der Waals surface area contributed by atoms with Gasteiger partial charge in [-0.05, 0) is 31.9 Å². The summed E-state index contributed by atoms with van der Waals surface area (Å²) in [5, 5.41) is 12.2. The number of nitrogens with one attached hydrogen (secondary N) is 1. The molecule has 0 aliphatic carbocycles. The van der Waals surface area contributed by atoms with E-state index in [1.165, 1.54) is 12.4 Å². The van der Waals surface area contributed by atoms with Crippen LogP contribution in [0.1, 0.15) is 32.6 Å². The third kappa shape index (κ3) is 3.36. The normalized spacial score (nSPS) is 22.1. The molecule has 1 amide bonds. The van der Waals surface area contributed by atoms with Crippen LogP contribution in [0.2, 0.25) is 0 Å². The fourth-order valence-corrected chi connectivity index (χ4v) is 2.91. The van der Waals surface area contributed by atoms with Crippen molar-refractivity contribution in [2.24, 2.45) is 0 Å². The quantitative estimate of drug-likeness (QED) is 0.816. The number of nitrogens with zero attached hydrogens (tertiary/aromatic N) is 3. The maximum atomic E-state index is 12.1. The molecule has 2 rings (SSSR count). The first-order valence-corrected chi connectivity index (χ1v) is 7.14. The van der Waals surface area contributed by atoms with Crippen molar-refractivity contribution >= 4 is 17.8 Å². The van der Waals surface area contributed by atoms with E-state index < -0.39 is 11.5 Å². The molecule has 7 heteroatoms. The number of carboxylic acid groups (broad SMARTS) is 1. The van der Waals surface area contributed by atoms with E-state index in [-0.39, 0.29) is 18.4 Å². The number of rotatable bonds is 6. The Morgan fingerprint density at radius 1 is 1.43 bits per heavy atom. The molecular weight excluding hydrogens is 272 g/mol. The Morgan fingerprint density at radius 2 is 2.14 bits per heavy atom. The van der Waals surface area contributed by atoms with Crippen molar-refractivity contribution in [1.29, 1.82) is 0 Å². The molecule has 7 nitrogen and oxygen atoms in total. The molecule has 0 radical (unpaired) electrons. The lowest BCUT2D eigenvalue weighted by molar-refractivity contribution is -0.150. The SMILES string of the molecule is CCCC1(C(=O)O)CCCN1CC(=O)Nc1ncccn1. The number of hydrogen-bond donors (Lipinski definition) is 2. The van der Waals surface area contributed by atoms with Gasteiger partial charge in [0.2, 0.25) is 11.9 Å². The molecule has 21 heavy (non-hydrogen) atoms. The first-order valence-electron chi connectivity index (χ1n) is 7.14. The summed E-state index contributed by atoms with van der Waals surface area (Å²) in [6.45, 7) is 2.62. The fourth-order valence-electron chi connectivity index (χ4n) is 2.91. The van der Waals surface area contributed by atoms with Crippen molar-refractivity contribution in [1.82, 2.24) is 14.9 Å². The number of carbonyl (C=O) groups excluding carboxylic acids is 1. The Morgan fingerprint density at radius 3 is 2.76 bits per heavy atom. The van der Waals surface area contributed by atoms with Crippen LogP contribution >= 0.6 is 0 Å². The summed E-state index contributed by atoms with van der Waals surface area (Å²) < 4.78 is 0. The van der Waals surface area contributed by atoms with Crippen LogP contribution in [-0.2, 0) is 9.59 Å². The Labute approximate surface area is 123 Å². The van der Waals surface area contributed by atoms with Crippen molar-refractivity contribution in [3.8, 4) is 0 Å². The van der Waals surface area contributed by atoms with Crippen LogP contribution in [-0.4, -0.2) is 50.5 Å². The molecule has 1 saturated heterocycles. The lowest BCUT2D eigenvalue weighted by Gasteiger charge is -2.34. The molecule has 0 aromatic carbocycles. The van der Waals surface area contributed by atoms with Crippen molar-refractivity contribution in [2.45, 2.75) is 38.1 Å². The molecule has 1 fully saturated rings. The van der Waals surface area contributed by atoms with E-state index in [2.05, 4.69) is 15.3 Å². The van der Waals surface area contributed by atoms with Gasteiger partial charge in [-0.2, -0.15) is 0 Å². The first-order chi connectivity index (χ1) is 10.1. The van der Waals surface area contributed by atoms with E-state index in [9.17, 15) is 14.7 Å². The largest absolute Gasteiger partial charge is 0.480 e. The monoisotopic (exact) mass is 292 g/mol. The number of amides is 1. The average Bonchev–Trinajstić information content (AvgIpc) is 2.84. The van der Waals surface area contributed by atoms with Gasteiger partial charge in [-0.1, -0.05) is 13.3 Å².